The van der Waals surface area contributed by atoms with E-state index in [4.69, 9.17) is 0 Å². The number of non-ortho nitro benzene ring substituents is 1. The summed E-state index contributed by atoms with van der Waals surface area (Å²) in [7, 11) is 0. The Morgan fingerprint density at radius 2 is 1.86 bits per heavy atom. The Balaban J connectivity index is 1.78. The van der Waals surface area contributed by atoms with Crippen molar-refractivity contribution >= 4 is 11.4 Å². The number of nitrogens with one attached hydrogen (secondary N) is 1. The van der Waals surface area contributed by atoms with Crippen molar-refractivity contribution in [3.05, 3.63) is 34.4 Å². The van der Waals surface area contributed by atoms with Crippen molar-refractivity contribution in [2.45, 2.75) is 57.2 Å². The van der Waals surface area contributed by atoms with Crippen LogP contribution in [0.4, 0.5) is 11.4 Å². The fraction of sp³-hybridized carbons (Fsp3) is 0.625. The predicted molar refractivity (Wildman–Crippen MR) is 83.7 cm³/mol. The summed E-state index contributed by atoms with van der Waals surface area (Å²) in [6, 6.07) is 8.92. The van der Waals surface area contributed by atoms with E-state index in [2.05, 4.69) is 17.1 Å². The van der Waals surface area contributed by atoms with Crippen molar-refractivity contribution in [1.82, 2.24) is 5.32 Å². The van der Waals surface area contributed by atoms with E-state index >= 15 is 0 Å². The maximum Gasteiger partial charge on any atom is 0.269 e. The lowest BCUT2D eigenvalue weighted by Gasteiger charge is -2.39. The molecule has 2 aliphatic rings. The second-order valence-corrected chi connectivity index (χ2v) is 6.23. The van der Waals surface area contributed by atoms with Crippen LogP contribution in [0.25, 0.3) is 0 Å². The molecule has 2 saturated heterocycles. The lowest BCUT2D eigenvalue weighted by atomic mass is 9.97. The highest BCUT2D eigenvalue weighted by molar-refractivity contribution is 5.51. The molecule has 0 saturated carbocycles. The quantitative estimate of drug-likeness (QED) is 0.668. The zero-order valence-corrected chi connectivity index (χ0v) is 12.5. The summed E-state index contributed by atoms with van der Waals surface area (Å²) < 4.78 is 0. The Morgan fingerprint density at radius 1 is 1.24 bits per heavy atom. The number of nitro groups is 1. The molecule has 21 heavy (non-hydrogen) atoms. The Kier molecular flexibility index (Phi) is 4.10. The van der Waals surface area contributed by atoms with E-state index in [1.165, 1.54) is 25.7 Å². The predicted octanol–water partition coefficient (Wildman–Crippen LogP) is 3.09. The molecule has 0 radical (unpaired) electrons. The highest BCUT2D eigenvalue weighted by Crippen LogP contribution is 2.32. The molecule has 2 bridgehead atoms. The lowest BCUT2D eigenvalue weighted by molar-refractivity contribution is -0.384. The molecule has 114 valence electrons. The number of hydrogen-bond acceptors (Lipinski definition) is 4. The third-order valence-electron chi connectivity index (χ3n) is 4.75. The Labute approximate surface area is 125 Å². The Morgan fingerprint density at radius 3 is 2.38 bits per heavy atom. The van der Waals surface area contributed by atoms with Gasteiger partial charge < -0.3 is 10.2 Å². The average Bonchev–Trinajstić information content (AvgIpc) is 2.83. The fourth-order valence-electron chi connectivity index (χ4n) is 3.81. The highest BCUT2D eigenvalue weighted by Gasteiger charge is 2.36. The summed E-state index contributed by atoms with van der Waals surface area (Å²) in [6.45, 7) is 3.20. The monoisotopic (exact) mass is 289 g/mol. The van der Waals surface area contributed by atoms with E-state index in [9.17, 15) is 10.1 Å². The van der Waals surface area contributed by atoms with Gasteiger partial charge in [-0.25, -0.2) is 0 Å². The molecule has 0 aliphatic carbocycles. The molecule has 1 aromatic carbocycles. The standard InChI is InChI=1S/C16H23N3O2/c1-2-9-18(14-5-7-15(8-6-14)19(20)21)16-10-12-3-4-13(11-16)17-12/h5-8,12-13,16-17H,2-4,9-11H2,1H3. The molecule has 0 amide bonds. The number of rotatable bonds is 5. The van der Waals surface area contributed by atoms with Gasteiger partial charge in [-0.1, -0.05) is 6.92 Å². The van der Waals surface area contributed by atoms with E-state index in [1.807, 2.05) is 12.1 Å². The van der Waals surface area contributed by atoms with Crippen LogP contribution in [0.15, 0.2) is 24.3 Å². The lowest BCUT2D eigenvalue weighted by Crippen LogP contribution is -2.48. The van der Waals surface area contributed by atoms with E-state index < -0.39 is 0 Å². The van der Waals surface area contributed by atoms with Crippen LogP contribution in [-0.2, 0) is 0 Å². The minimum Gasteiger partial charge on any atom is -0.368 e. The van der Waals surface area contributed by atoms with Crippen LogP contribution in [0.2, 0.25) is 0 Å². The van der Waals surface area contributed by atoms with Crippen molar-refractivity contribution in [2.75, 3.05) is 11.4 Å². The molecular weight excluding hydrogens is 266 g/mol. The number of piperidine rings is 1. The van der Waals surface area contributed by atoms with Crippen LogP contribution in [0, 0.1) is 10.1 Å². The molecule has 3 rings (SSSR count). The molecule has 5 nitrogen and oxygen atoms in total. The zero-order valence-electron chi connectivity index (χ0n) is 12.5. The summed E-state index contributed by atoms with van der Waals surface area (Å²) in [5.74, 6) is 0. The molecule has 5 heteroatoms. The Hall–Kier alpha value is -1.62. The van der Waals surface area contributed by atoms with Gasteiger partial charge in [-0.2, -0.15) is 0 Å². The maximum absolute atomic E-state index is 10.8. The van der Waals surface area contributed by atoms with E-state index in [0.29, 0.717) is 18.1 Å². The van der Waals surface area contributed by atoms with Crippen LogP contribution < -0.4 is 10.2 Å². The van der Waals surface area contributed by atoms with Gasteiger partial charge in [0.15, 0.2) is 0 Å². The summed E-state index contributed by atoms with van der Waals surface area (Å²) >= 11 is 0. The van der Waals surface area contributed by atoms with Crippen LogP contribution in [-0.4, -0.2) is 29.6 Å². The summed E-state index contributed by atoms with van der Waals surface area (Å²) in [6.07, 6.45) is 6.06. The van der Waals surface area contributed by atoms with E-state index in [1.54, 1.807) is 12.1 Å². The Bertz CT molecular complexity index is 491. The molecule has 1 aromatic rings. The van der Waals surface area contributed by atoms with Crippen molar-refractivity contribution in [2.24, 2.45) is 0 Å². The number of hydrogen-bond donors (Lipinski definition) is 1. The maximum atomic E-state index is 10.8. The number of nitrogens with zero attached hydrogens (tertiary/aromatic N) is 2. The van der Waals surface area contributed by atoms with E-state index in [0.717, 1.165) is 18.7 Å². The minimum absolute atomic E-state index is 0.167. The smallest absolute Gasteiger partial charge is 0.269 e. The van der Waals surface area contributed by atoms with Crippen LogP contribution in [0.3, 0.4) is 0 Å². The van der Waals surface area contributed by atoms with Crippen molar-refractivity contribution in [3.8, 4) is 0 Å². The first kappa shape index (κ1) is 14.3. The largest absolute Gasteiger partial charge is 0.368 e. The molecule has 2 unspecified atom stereocenters. The van der Waals surface area contributed by atoms with Crippen molar-refractivity contribution in [1.29, 1.82) is 0 Å². The second kappa shape index (κ2) is 6.02. The van der Waals surface area contributed by atoms with Gasteiger partial charge >= 0.3 is 0 Å². The average molecular weight is 289 g/mol. The number of nitro benzene ring substituents is 1. The van der Waals surface area contributed by atoms with Gasteiger partial charge in [0.2, 0.25) is 0 Å². The molecule has 0 spiro atoms. The van der Waals surface area contributed by atoms with Crippen LogP contribution in [0.5, 0.6) is 0 Å². The third-order valence-corrected chi connectivity index (χ3v) is 4.75. The highest BCUT2D eigenvalue weighted by atomic mass is 16.6. The molecule has 0 aromatic heterocycles. The van der Waals surface area contributed by atoms with Gasteiger partial charge in [-0.3, -0.25) is 10.1 Å². The number of fused-ring (bicyclic) bond motifs is 2. The summed E-state index contributed by atoms with van der Waals surface area (Å²) in [5.41, 5.74) is 1.29. The first-order valence-electron chi connectivity index (χ1n) is 7.94. The molecule has 2 aliphatic heterocycles. The molecule has 2 heterocycles. The number of anilines is 1. The molecular formula is C16H23N3O2. The van der Waals surface area contributed by atoms with Gasteiger partial charge in [0, 0.05) is 42.5 Å². The first-order chi connectivity index (χ1) is 10.2. The first-order valence-corrected chi connectivity index (χ1v) is 7.94. The van der Waals surface area contributed by atoms with Gasteiger partial charge in [0.1, 0.15) is 0 Å². The van der Waals surface area contributed by atoms with Gasteiger partial charge in [0.05, 0.1) is 4.92 Å². The normalized spacial score (nSPS) is 27.6. The third kappa shape index (κ3) is 3.02. The molecule has 1 N–H and O–H groups in total. The van der Waals surface area contributed by atoms with Crippen molar-refractivity contribution in [3.63, 3.8) is 0 Å². The topological polar surface area (TPSA) is 58.4 Å². The van der Waals surface area contributed by atoms with Crippen LogP contribution >= 0.6 is 0 Å². The van der Waals surface area contributed by atoms with Crippen LogP contribution in [0.1, 0.15) is 39.0 Å². The number of benzene rings is 1. The molecule has 2 fully saturated rings. The second-order valence-electron chi connectivity index (χ2n) is 6.23. The minimum atomic E-state index is -0.335. The van der Waals surface area contributed by atoms with Gasteiger partial charge in [-0.05, 0) is 44.2 Å². The van der Waals surface area contributed by atoms with Gasteiger partial charge in [0.25, 0.3) is 5.69 Å². The van der Waals surface area contributed by atoms with E-state index in [-0.39, 0.29) is 10.6 Å². The fourth-order valence-corrected chi connectivity index (χ4v) is 3.81. The SMILES string of the molecule is CCCN(c1ccc([N+](=O)[O-])cc1)C1CC2CCC(C1)N2. The zero-order chi connectivity index (χ0) is 14.8. The summed E-state index contributed by atoms with van der Waals surface area (Å²) in [4.78, 5) is 12.9. The van der Waals surface area contributed by atoms with Gasteiger partial charge in [-0.15, -0.1) is 0 Å². The summed E-state index contributed by atoms with van der Waals surface area (Å²) in [5, 5.41) is 14.5. The molecule has 2 atom stereocenters. The van der Waals surface area contributed by atoms with Crippen molar-refractivity contribution < 1.29 is 4.92 Å².